The van der Waals surface area contributed by atoms with Crippen molar-refractivity contribution in [2.45, 2.75) is 19.9 Å². The van der Waals surface area contributed by atoms with Gasteiger partial charge >= 0.3 is 0 Å². The lowest BCUT2D eigenvalue weighted by molar-refractivity contribution is -0.385. The van der Waals surface area contributed by atoms with E-state index in [0.717, 1.165) is 37.3 Å². The first-order valence-electron chi connectivity index (χ1n) is 6.29. The highest BCUT2D eigenvalue weighted by Crippen LogP contribution is 2.26. The molecule has 5 nitrogen and oxygen atoms in total. The zero-order valence-electron chi connectivity index (χ0n) is 11.7. The maximum absolute atomic E-state index is 11.0. The van der Waals surface area contributed by atoms with E-state index in [-0.39, 0.29) is 41.5 Å². The molecular weight excluding hydrogens is 301 g/mol. The van der Waals surface area contributed by atoms with Crippen LogP contribution in [0.5, 0.6) is 0 Å². The van der Waals surface area contributed by atoms with E-state index in [1.54, 1.807) is 13.0 Å². The summed E-state index contributed by atoms with van der Waals surface area (Å²) in [5.74, 6) is 0. The topological polar surface area (TPSA) is 58.4 Å². The largest absolute Gasteiger partial charge is 0.314 e. The van der Waals surface area contributed by atoms with E-state index in [2.05, 4.69) is 17.1 Å². The number of nitro benzene ring substituents is 1. The molecule has 0 amide bonds. The standard InChI is InChI=1S/C13H19N3O2.2ClH/c1-10-3-4-12(9-13(10)16(17)18)11(2)15-7-5-14-6-8-15;;/h3-4,9,11,14H,5-8H2,1-2H3;2*1H/t11-;;/m1../s1. The lowest BCUT2D eigenvalue weighted by Crippen LogP contribution is -2.44. The van der Waals surface area contributed by atoms with E-state index in [0.29, 0.717) is 0 Å². The van der Waals surface area contributed by atoms with Gasteiger partial charge in [-0.1, -0.05) is 12.1 Å². The molecule has 0 aliphatic carbocycles. The first-order chi connectivity index (χ1) is 8.59. The van der Waals surface area contributed by atoms with Crippen molar-refractivity contribution in [2.24, 2.45) is 0 Å². The van der Waals surface area contributed by atoms with Gasteiger partial charge < -0.3 is 5.32 Å². The normalized spacial score (nSPS) is 16.7. The molecule has 1 aliphatic heterocycles. The number of nitro groups is 1. The van der Waals surface area contributed by atoms with Gasteiger partial charge in [0.15, 0.2) is 0 Å². The Bertz CT molecular complexity index is 451. The molecule has 0 spiro atoms. The van der Waals surface area contributed by atoms with Gasteiger partial charge in [-0.3, -0.25) is 15.0 Å². The van der Waals surface area contributed by atoms with Gasteiger partial charge in [-0.05, 0) is 19.4 Å². The van der Waals surface area contributed by atoms with Crippen LogP contribution in [0.2, 0.25) is 0 Å². The molecule has 0 unspecified atom stereocenters. The Morgan fingerprint density at radius 3 is 2.45 bits per heavy atom. The molecule has 114 valence electrons. The van der Waals surface area contributed by atoms with E-state index >= 15 is 0 Å². The van der Waals surface area contributed by atoms with E-state index in [1.165, 1.54) is 0 Å². The number of nitrogens with zero attached hydrogens (tertiary/aromatic N) is 2. The minimum absolute atomic E-state index is 0. The van der Waals surface area contributed by atoms with Crippen LogP contribution in [0.15, 0.2) is 18.2 Å². The second kappa shape index (κ2) is 8.42. The van der Waals surface area contributed by atoms with Crippen LogP contribution in [0.3, 0.4) is 0 Å². The molecule has 1 atom stereocenters. The van der Waals surface area contributed by atoms with E-state index in [4.69, 9.17) is 0 Å². The van der Waals surface area contributed by atoms with Crippen molar-refractivity contribution in [3.05, 3.63) is 39.4 Å². The average Bonchev–Trinajstić information content (AvgIpc) is 2.39. The summed E-state index contributed by atoms with van der Waals surface area (Å²) in [5, 5.41) is 14.3. The summed E-state index contributed by atoms with van der Waals surface area (Å²) >= 11 is 0. The molecular formula is C13H21Cl2N3O2. The Kier molecular flexibility index (Phi) is 8.05. The third-order valence-corrected chi connectivity index (χ3v) is 3.61. The van der Waals surface area contributed by atoms with E-state index in [1.807, 2.05) is 12.1 Å². The Hall–Kier alpha value is -0.880. The maximum atomic E-state index is 11.0. The van der Waals surface area contributed by atoms with Gasteiger partial charge in [0.2, 0.25) is 0 Å². The number of nitrogens with one attached hydrogen (secondary N) is 1. The summed E-state index contributed by atoms with van der Waals surface area (Å²) in [6, 6.07) is 5.77. The van der Waals surface area contributed by atoms with Crippen LogP contribution in [-0.4, -0.2) is 36.0 Å². The first kappa shape index (κ1) is 19.1. The smallest absolute Gasteiger partial charge is 0.272 e. The van der Waals surface area contributed by atoms with Crippen LogP contribution in [0, 0.1) is 17.0 Å². The molecule has 1 aliphatic rings. The monoisotopic (exact) mass is 321 g/mol. The van der Waals surface area contributed by atoms with Crippen molar-refractivity contribution in [3.63, 3.8) is 0 Å². The van der Waals surface area contributed by atoms with Crippen molar-refractivity contribution in [2.75, 3.05) is 26.2 Å². The summed E-state index contributed by atoms with van der Waals surface area (Å²) in [6.45, 7) is 7.83. The minimum Gasteiger partial charge on any atom is -0.314 e. The van der Waals surface area contributed by atoms with Gasteiger partial charge in [0.1, 0.15) is 0 Å². The highest BCUT2D eigenvalue weighted by molar-refractivity contribution is 5.85. The number of piperazine rings is 1. The number of aryl methyl sites for hydroxylation is 1. The third-order valence-electron chi connectivity index (χ3n) is 3.61. The summed E-state index contributed by atoms with van der Waals surface area (Å²) in [7, 11) is 0. The molecule has 1 saturated heterocycles. The highest BCUT2D eigenvalue weighted by atomic mass is 35.5. The van der Waals surface area contributed by atoms with Crippen LogP contribution < -0.4 is 5.32 Å². The molecule has 7 heteroatoms. The average molecular weight is 322 g/mol. The molecule has 2 rings (SSSR count). The van der Waals surface area contributed by atoms with Gasteiger partial charge in [0.25, 0.3) is 5.69 Å². The highest BCUT2D eigenvalue weighted by Gasteiger charge is 2.20. The molecule has 0 radical (unpaired) electrons. The van der Waals surface area contributed by atoms with Crippen LogP contribution in [0.1, 0.15) is 24.1 Å². The Labute approximate surface area is 131 Å². The SMILES string of the molecule is Cc1ccc([C@@H](C)N2CCNCC2)cc1[N+](=O)[O-].Cl.Cl. The summed E-state index contributed by atoms with van der Waals surface area (Å²) < 4.78 is 0. The predicted molar refractivity (Wildman–Crippen MR) is 85.2 cm³/mol. The summed E-state index contributed by atoms with van der Waals surface area (Å²) in [4.78, 5) is 13.0. The van der Waals surface area contributed by atoms with Crippen LogP contribution in [-0.2, 0) is 0 Å². The Balaban J connectivity index is 0.00000180. The Morgan fingerprint density at radius 1 is 1.30 bits per heavy atom. The van der Waals surface area contributed by atoms with Crippen molar-refractivity contribution >= 4 is 30.5 Å². The van der Waals surface area contributed by atoms with Crippen molar-refractivity contribution in [1.82, 2.24) is 10.2 Å². The van der Waals surface area contributed by atoms with Crippen molar-refractivity contribution < 1.29 is 4.92 Å². The fraction of sp³-hybridized carbons (Fsp3) is 0.538. The molecule has 1 aromatic rings. The fourth-order valence-corrected chi connectivity index (χ4v) is 2.36. The number of hydrogen-bond acceptors (Lipinski definition) is 4. The molecule has 1 heterocycles. The second-order valence-electron chi connectivity index (χ2n) is 4.76. The minimum atomic E-state index is -0.302. The molecule has 1 N–H and O–H groups in total. The number of rotatable bonds is 3. The lowest BCUT2D eigenvalue weighted by Gasteiger charge is -2.33. The van der Waals surface area contributed by atoms with Gasteiger partial charge in [-0.25, -0.2) is 0 Å². The zero-order chi connectivity index (χ0) is 13.1. The molecule has 1 fully saturated rings. The van der Waals surface area contributed by atoms with Gasteiger partial charge in [0.05, 0.1) is 4.92 Å². The van der Waals surface area contributed by atoms with Crippen LogP contribution >= 0.6 is 24.8 Å². The number of benzene rings is 1. The molecule has 0 saturated carbocycles. The second-order valence-corrected chi connectivity index (χ2v) is 4.76. The molecule has 20 heavy (non-hydrogen) atoms. The van der Waals surface area contributed by atoms with Crippen molar-refractivity contribution in [3.8, 4) is 0 Å². The molecule has 1 aromatic carbocycles. The number of hydrogen-bond donors (Lipinski definition) is 1. The quantitative estimate of drug-likeness (QED) is 0.687. The third kappa shape index (κ3) is 4.31. The maximum Gasteiger partial charge on any atom is 0.272 e. The van der Waals surface area contributed by atoms with E-state index in [9.17, 15) is 10.1 Å². The van der Waals surface area contributed by atoms with Crippen molar-refractivity contribution in [1.29, 1.82) is 0 Å². The fourth-order valence-electron chi connectivity index (χ4n) is 2.36. The number of halogens is 2. The predicted octanol–water partition coefficient (Wildman–Crippen LogP) is 2.71. The van der Waals surface area contributed by atoms with Crippen LogP contribution in [0.4, 0.5) is 5.69 Å². The summed E-state index contributed by atoms with van der Waals surface area (Å²) in [5.41, 5.74) is 1.96. The van der Waals surface area contributed by atoms with Crippen LogP contribution in [0.25, 0.3) is 0 Å². The van der Waals surface area contributed by atoms with Gasteiger partial charge in [-0.15, -0.1) is 24.8 Å². The van der Waals surface area contributed by atoms with Gasteiger partial charge in [-0.2, -0.15) is 0 Å². The first-order valence-corrected chi connectivity index (χ1v) is 6.29. The molecule has 0 bridgehead atoms. The Morgan fingerprint density at radius 2 is 1.90 bits per heavy atom. The lowest BCUT2D eigenvalue weighted by atomic mass is 10.0. The summed E-state index contributed by atoms with van der Waals surface area (Å²) in [6.07, 6.45) is 0. The zero-order valence-corrected chi connectivity index (χ0v) is 13.3. The van der Waals surface area contributed by atoms with E-state index < -0.39 is 0 Å². The van der Waals surface area contributed by atoms with Gasteiger partial charge in [0, 0.05) is 43.9 Å². The molecule has 0 aromatic heterocycles.